The van der Waals surface area contributed by atoms with Gasteiger partial charge < -0.3 is 19.3 Å². The molecule has 1 unspecified atom stereocenters. The van der Waals surface area contributed by atoms with Crippen LogP contribution in [0.1, 0.15) is 31.9 Å². The number of aliphatic carboxylic acids is 1. The molecule has 0 bridgehead atoms. The topological polar surface area (TPSA) is 167 Å². The Morgan fingerprint density at radius 1 is 0.980 bits per heavy atom. The highest BCUT2D eigenvalue weighted by Gasteiger charge is 2.33. The summed E-state index contributed by atoms with van der Waals surface area (Å²) in [5, 5.41) is 16.2. The third-order valence-electron chi connectivity index (χ3n) is 7.65. The van der Waals surface area contributed by atoms with Crippen molar-refractivity contribution in [2.75, 3.05) is 36.4 Å². The molecule has 1 aliphatic rings. The molecule has 1 aliphatic heterocycles. The first-order valence-electron chi connectivity index (χ1n) is 15.5. The van der Waals surface area contributed by atoms with Gasteiger partial charge in [0.1, 0.15) is 17.5 Å². The summed E-state index contributed by atoms with van der Waals surface area (Å²) in [6, 6.07) is 13.1. The van der Waals surface area contributed by atoms with Gasteiger partial charge in [-0.25, -0.2) is 9.18 Å². The lowest BCUT2D eigenvalue weighted by Crippen LogP contribution is -2.55. The minimum absolute atomic E-state index is 0.0460. The van der Waals surface area contributed by atoms with Crippen molar-refractivity contribution in [1.82, 2.24) is 19.2 Å². The van der Waals surface area contributed by atoms with Crippen molar-refractivity contribution in [3.63, 3.8) is 0 Å². The molecule has 3 aromatic carbocycles. The van der Waals surface area contributed by atoms with Crippen molar-refractivity contribution in [3.8, 4) is 22.8 Å². The van der Waals surface area contributed by atoms with E-state index in [4.69, 9.17) is 9.26 Å². The van der Waals surface area contributed by atoms with Crippen LogP contribution in [0, 0.1) is 5.82 Å². The zero-order valence-electron chi connectivity index (χ0n) is 27.6. The van der Waals surface area contributed by atoms with Crippen LogP contribution in [0.15, 0.2) is 71.3 Å². The number of alkyl halides is 3. The molecule has 0 saturated carbocycles. The van der Waals surface area contributed by atoms with Gasteiger partial charge in [-0.1, -0.05) is 11.2 Å². The van der Waals surface area contributed by atoms with Crippen molar-refractivity contribution in [2.24, 2.45) is 0 Å². The predicted octanol–water partition coefficient (Wildman–Crippen LogP) is 5.56. The first-order chi connectivity index (χ1) is 23.9. The minimum Gasteiger partial charge on any atom is -0.480 e. The molecule has 13 nitrogen and oxygen atoms in total. The zero-order chi connectivity index (χ0) is 37.1. The molecule has 0 radical (unpaired) electrons. The fraction of sp³-hybridized carbons (Fsp3) is 0.333. The van der Waals surface area contributed by atoms with Gasteiger partial charge in [-0.05, 0) is 93.4 Å². The van der Waals surface area contributed by atoms with Gasteiger partial charge >= 0.3 is 18.2 Å². The van der Waals surface area contributed by atoms with E-state index in [2.05, 4.69) is 20.2 Å². The van der Waals surface area contributed by atoms with Crippen LogP contribution in [0.5, 0.6) is 0 Å². The quantitative estimate of drug-likeness (QED) is 0.176. The van der Waals surface area contributed by atoms with Gasteiger partial charge in [-0.2, -0.15) is 35.6 Å². The number of amides is 1. The summed E-state index contributed by atoms with van der Waals surface area (Å²) in [6.07, 6.45) is -5.50. The molecule has 2 heterocycles. The number of nitrogens with one attached hydrogen (secondary N) is 2. The Balaban J connectivity index is 1.19. The molecule has 0 aliphatic carbocycles. The second kappa shape index (κ2) is 14.7. The van der Waals surface area contributed by atoms with Gasteiger partial charge in [0.25, 0.3) is 16.1 Å². The third-order valence-corrected chi connectivity index (χ3v) is 9.27. The predicted molar refractivity (Wildman–Crippen MR) is 177 cm³/mol. The Bertz CT molecular complexity index is 1970. The lowest BCUT2D eigenvalue weighted by molar-refractivity contribution is -0.139. The van der Waals surface area contributed by atoms with Crippen LogP contribution in [-0.2, 0) is 32.3 Å². The number of carbonyl (C=O) groups is 2. The Morgan fingerprint density at radius 2 is 1.63 bits per heavy atom. The molecule has 272 valence electrons. The fourth-order valence-electron chi connectivity index (χ4n) is 5.15. The molecule has 1 saturated heterocycles. The molecule has 1 fully saturated rings. The molecule has 5 rings (SSSR count). The fourth-order valence-corrected chi connectivity index (χ4v) is 6.49. The molecular formula is C33H34F4N6O7S. The first-order valence-corrected chi connectivity index (χ1v) is 17.0. The molecule has 4 aromatic rings. The number of nitrogens with zero attached hydrogens (tertiary/aromatic N) is 4. The number of piperazine rings is 1. The highest BCUT2D eigenvalue weighted by atomic mass is 32.2. The van der Waals surface area contributed by atoms with E-state index < -0.39 is 57.9 Å². The number of rotatable bonds is 10. The molecule has 1 atom stereocenters. The number of ether oxygens (including phenoxy) is 1. The average Bonchev–Trinajstić information content (AvgIpc) is 3.54. The summed E-state index contributed by atoms with van der Waals surface area (Å²) < 4.78 is 93.9. The molecule has 51 heavy (non-hydrogen) atoms. The van der Waals surface area contributed by atoms with Gasteiger partial charge in [0, 0.05) is 43.1 Å². The van der Waals surface area contributed by atoms with Crippen LogP contribution in [0.3, 0.4) is 0 Å². The maximum atomic E-state index is 15.2. The number of halogens is 4. The SMILES string of the molecule is CC(C)(C)OC(=O)Nc1ccc(-c2nc(-c3ccc(CC(NS(=O)(=O)N4CCN(c5ccc(C(F)(F)F)cc5)CC4)C(=O)O)cc3F)no2)cc1. The van der Waals surface area contributed by atoms with Crippen LogP contribution >= 0.6 is 0 Å². The van der Waals surface area contributed by atoms with E-state index >= 15 is 4.39 Å². The number of carboxylic acids is 1. The Hall–Kier alpha value is -5.07. The Kier molecular flexibility index (Phi) is 10.7. The maximum Gasteiger partial charge on any atom is 0.416 e. The van der Waals surface area contributed by atoms with E-state index in [0.29, 0.717) is 16.9 Å². The standard InChI is InChI=1S/C33H34F4N6O7S/c1-32(2,3)49-31(46)38-23-9-5-21(6-10-23)29-39-28(40-50-29)25-13-4-20(18-26(25)34)19-27(30(44)45)41-51(47,48)43-16-14-42(15-17-43)24-11-7-22(8-12-24)33(35,36)37/h4-13,18,27,41H,14-17,19H2,1-3H3,(H,38,46)(H,44,45). The molecule has 1 amide bonds. The monoisotopic (exact) mass is 734 g/mol. The van der Waals surface area contributed by atoms with Gasteiger partial charge in [0.2, 0.25) is 5.82 Å². The van der Waals surface area contributed by atoms with E-state index in [9.17, 15) is 36.3 Å². The number of aromatic nitrogens is 2. The van der Waals surface area contributed by atoms with Gasteiger partial charge in [0.15, 0.2) is 0 Å². The van der Waals surface area contributed by atoms with Crippen molar-refractivity contribution >= 4 is 33.6 Å². The summed E-state index contributed by atoms with van der Waals surface area (Å²) in [5.74, 6) is -2.31. The summed E-state index contributed by atoms with van der Waals surface area (Å²) in [7, 11) is -4.31. The third kappa shape index (κ3) is 9.59. The van der Waals surface area contributed by atoms with Gasteiger partial charge in [-0.3, -0.25) is 10.1 Å². The van der Waals surface area contributed by atoms with E-state index in [-0.39, 0.29) is 49.0 Å². The molecule has 18 heteroatoms. The average molecular weight is 735 g/mol. The van der Waals surface area contributed by atoms with Crippen LogP contribution in [0.4, 0.5) is 33.7 Å². The Labute approximate surface area is 290 Å². The number of carboxylic acid groups (broad SMARTS) is 1. The number of carbonyl (C=O) groups excluding carboxylic acids is 1. The number of benzene rings is 3. The van der Waals surface area contributed by atoms with Crippen LogP contribution in [0.25, 0.3) is 22.8 Å². The highest BCUT2D eigenvalue weighted by Crippen LogP contribution is 2.31. The number of anilines is 2. The van der Waals surface area contributed by atoms with E-state index in [1.165, 1.54) is 24.3 Å². The normalized spacial score (nSPS) is 15.0. The molecular weight excluding hydrogens is 700 g/mol. The van der Waals surface area contributed by atoms with Gasteiger partial charge in [0.05, 0.1) is 11.1 Å². The number of hydrogen-bond donors (Lipinski definition) is 3. The number of hydrogen-bond acceptors (Lipinski definition) is 9. The summed E-state index contributed by atoms with van der Waals surface area (Å²) in [5.41, 5.74) is 0.0861. The van der Waals surface area contributed by atoms with E-state index in [1.54, 1.807) is 49.9 Å². The van der Waals surface area contributed by atoms with E-state index in [1.807, 2.05) is 0 Å². The Morgan fingerprint density at radius 3 is 2.20 bits per heavy atom. The second-order valence-corrected chi connectivity index (χ2v) is 14.3. The smallest absolute Gasteiger partial charge is 0.416 e. The van der Waals surface area contributed by atoms with Crippen LogP contribution in [0.2, 0.25) is 0 Å². The summed E-state index contributed by atoms with van der Waals surface area (Å²) in [4.78, 5) is 30.0. The summed E-state index contributed by atoms with van der Waals surface area (Å²) >= 11 is 0. The second-order valence-electron chi connectivity index (χ2n) is 12.6. The lowest BCUT2D eigenvalue weighted by atomic mass is 10.0. The summed E-state index contributed by atoms with van der Waals surface area (Å²) in [6.45, 7) is 5.43. The van der Waals surface area contributed by atoms with Gasteiger partial charge in [-0.15, -0.1) is 0 Å². The van der Waals surface area contributed by atoms with Crippen molar-refractivity contribution in [3.05, 3.63) is 83.7 Å². The van der Waals surface area contributed by atoms with Crippen molar-refractivity contribution in [2.45, 2.75) is 45.0 Å². The largest absolute Gasteiger partial charge is 0.480 e. The molecule has 0 spiro atoms. The van der Waals surface area contributed by atoms with Crippen molar-refractivity contribution < 1.29 is 49.9 Å². The van der Waals surface area contributed by atoms with Crippen LogP contribution in [-0.4, -0.2) is 77.9 Å². The lowest BCUT2D eigenvalue weighted by Gasteiger charge is -2.35. The van der Waals surface area contributed by atoms with E-state index in [0.717, 1.165) is 22.5 Å². The zero-order valence-corrected chi connectivity index (χ0v) is 28.4. The van der Waals surface area contributed by atoms with Crippen molar-refractivity contribution in [1.29, 1.82) is 0 Å². The molecule has 1 aromatic heterocycles. The van der Waals surface area contributed by atoms with Crippen LogP contribution < -0.4 is 14.9 Å². The minimum atomic E-state index is -4.48. The first kappa shape index (κ1) is 37.2. The highest BCUT2D eigenvalue weighted by molar-refractivity contribution is 7.87. The maximum absolute atomic E-state index is 15.2. The molecule has 3 N–H and O–H groups in total.